The summed E-state index contributed by atoms with van der Waals surface area (Å²) in [6, 6.07) is 6.83. The van der Waals surface area contributed by atoms with Gasteiger partial charge in [-0.15, -0.1) is 0 Å². The molecule has 0 aliphatic heterocycles. The molecular formula is C9H13NO3S. The zero-order valence-electron chi connectivity index (χ0n) is 7.93. The average molecular weight is 215 g/mol. The zero-order valence-corrected chi connectivity index (χ0v) is 8.75. The lowest BCUT2D eigenvalue weighted by molar-refractivity contribution is 0.340. The van der Waals surface area contributed by atoms with Crippen molar-refractivity contribution < 1.29 is 13.2 Å². The lowest BCUT2D eigenvalue weighted by Gasteiger charge is -2.03. The fraction of sp³-hybridized carbons (Fsp3) is 0.333. The number of rotatable bonds is 4. The quantitative estimate of drug-likeness (QED) is 0.810. The van der Waals surface area contributed by atoms with Crippen molar-refractivity contribution in [1.29, 1.82) is 0 Å². The van der Waals surface area contributed by atoms with Crippen molar-refractivity contribution in [1.82, 2.24) is 0 Å². The molecule has 1 rings (SSSR count). The maximum absolute atomic E-state index is 10.8. The van der Waals surface area contributed by atoms with Crippen LogP contribution in [0.25, 0.3) is 0 Å². The second-order valence-corrected chi connectivity index (χ2v) is 4.50. The van der Waals surface area contributed by atoms with E-state index in [4.69, 9.17) is 9.88 Å². The molecule has 1 aromatic rings. The highest BCUT2D eigenvalue weighted by Crippen LogP contribution is 2.13. The highest BCUT2D eigenvalue weighted by Gasteiger charge is 2.04. The van der Waals surface area contributed by atoms with Gasteiger partial charge in [0, 0.05) is 0 Å². The summed E-state index contributed by atoms with van der Waals surface area (Å²) in [5.41, 5.74) is 0.663. The first kappa shape index (κ1) is 11.0. The van der Waals surface area contributed by atoms with Crippen molar-refractivity contribution in [2.45, 2.75) is 12.7 Å². The van der Waals surface area contributed by atoms with Crippen LogP contribution in [0.15, 0.2) is 24.3 Å². The topological polar surface area (TPSA) is 69.4 Å². The van der Waals surface area contributed by atoms with E-state index in [2.05, 4.69) is 0 Å². The van der Waals surface area contributed by atoms with Crippen molar-refractivity contribution in [2.24, 2.45) is 5.14 Å². The largest absolute Gasteiger partial charge is 0.494 e. The first-order valence-corrected chi connectivity index (χ1v) is 5.95. The van der Waals surface area contributed by atoms with Crippen molar-refractivity contribution in [3.63, 3.8) is 0 Å². The Morgan fingerprint density at radius 1 is 1.29 bits per heavy atom. The maximum atomic E-state index is 10.8. The minimum absolute atomic E-state index is 0.139. The zero-order chi connectivity index (χ0) is 10.6. The molecule has 14 heavy (non-hydrogen) atoms. The van der Waals surface area contributed by atoms with E-state index < -0.39 is 10.0 Å². The van der Waals surface area contributed by atoms with E-state index in [-0.39, 0.29) is 5.75 Å². The van der Waals surface area contributed by atoms with Gasteiger partial charge in [0.15, 0.2) is 0 Å². The number of ether oxygens (including phenoxy) is 1. The van der Waals surface area contributed by atoms with Gasteiger partial charge in [-0.1, -0.05) is 12.1 Å². The van der Waals surface area contributed by atoms with Gasteiger partial charge in [-0.3, -0.25) is 0 Å². The summed E-state index contributed by atoms with van der Waals surface area (Å²) in [6.07, 6.45) is 0. The van der Waals surface area contributed by atoms with Crippen LogP contribution in [0.4, 0.5) is 0 Å². The highest BCUT2D eigenvalue weighted by molar-refractivity contribution is 7.88. The number of hydrogen-bond acceptors (Lipinski definition) is 3. The Kier molecular flexibility index (Phi) is 3.49. The summed E-state index contributed by atoms with van der Waals surface area (Å²) in [4.78, 5) is 0. The lowest BCUT2D eigenvalue weighted by atomic mass is 10.2. The van der Waals surface area contributed by atoms with E-state index in [1.807, 2.05) is 6.92 Å². The first-order valence-electron chi connectivity index (χ1n) is 4.23. The molecule has 1 aromatic carbocycles. The van der Waals surface area contributed by atoms with Crippen molar-refractivity contribution >= 4 is 10.0 Å². The molecule has 0 saturated heterocycles. The summed E-state index contributed by atoms with van der Waals surface area (Å²) < 4.78 is 26.7. The van der Waals surface area contributed by atoms with E-state index in [0.29, 0.717) is 12.2 Å². The maximum Gasteiger partial charge on any atom is 0.213 e. The van der Waals surface area contributed by atoms with E-state index in [1.54, 1.807) is 24.3 Å². The average Bonchev–Trinajstić information content (AvgIpc) is 2.06. The molecule has 78 valence electrons. The number of hydrogen-bond donors (Lipinski definition) is 1. The molecule has 0 saturated carbocycles. The molecule has 0 aliphatic carbocycles. The Balaban J connectivity index is 2.74. The molecule has 4 nitrogen and oxygen atoms in total. The molecule has 2 N–H and O–H groups in total. The summed E-state index contributed by atoms with van der Waals surface area (Å²) in [5, 5.41) is 4.91. The highest BCUT2D eigenvalue weighted by atomic mass is 32.2. The van der Waals surface area contributed by atoms with Gasteiger partial charge in [-0.2, -0.15) is 0 Å². The predicted octanol–water partition coefficient (Wildman–Crippen LogP) is 0.874. The molecule has 0 heterocycles. The summed E-state index contributed by atoms with van der Waals surface area (Å²) in [6.45, 7) is 2.48. The molecule has 0 fully saturated rings. The standard InChI is InChI=1S/C9H13NO3S/c1-2-13-9-5-3-8(4-6-9)7-14(10,11)12/h3-6H,2,7H2,1H3,(H2,10,11,12). The van der Waals surface area contributed by atoms with Gasteiger partial charge in [0.05, 0.1) is 12.4 Å². The van der Waals surface area contributed by atoms with Gasteiger partial charge < -0.3 is 4.74 Å². The number of benzene rings is 1. The van der Waals surface area contributed by atoms with Crippen LogP contribution in [0.5, 0.6) is 5.75 Å². The molecule has 0 radical (unpaired) electrons. The third-order valence-corrected chi connectivity index (χ3v) is 2.34. The smallest absolute Gasteiger partial charge is 0.213 e. The molecule has 0 unspecified atom stereocenters. The van der Waals surface area contributed by atoms with Gasteiger partial charge in [0.2, 0.25) is 10.0 Å². The second kappa shape index (κ2) is 4.43. The molecular weight excluding hydrogens is 202 g/mol. The van der Waals surface area contributed by atoms with Crippen molar-refractivity contribution in [2.75, 3.05) is 6.61 Å². The Hall–Kier alpha value is -1.07. The van der Waals surface area contributed by atoms with Crippen LogP contribution >= 0.6 is 0 Å². The van der Waals surface area contributed by atoms with Crippen LogP contribution in [0.1, 0.15) is 12.5 Å². The monoisotopic (exact) mass is 215 g/mol. The van der Waals surface area contributed by atoms with Crippen molar-refractivity contribution in [3.8, 4) is 5.75 Å². The normalized spacial score (nSPS) is 11.3. The Bertz CT molecular complexity index is 383. The number of sulfonamides is 1. The van der Waals surface area contributed by atoms with Crippen LogP contribution in [0.2, 0.25) is 0 Å². The molecule has 5 heteroatoms. The molecule has 0 spiro atoms. The summed E-state index contributed by atoms with van der Waals surface area (Å²) in [5.74, 6) is 0.588. The molecule has 0 amide bonds. The van der Waals surface area contributed by atoms with Gasteiger partial charge in [0.25, 0.3) is 0 Å². The van der Waals surface area contributed by atoms with Crippen LogP contribution < -0.4 is 9.88 Å². The predicted molar refractivity (Wildman–Crippen MR) is 54.4 cm³/mol. The van der Waals surface area contributed by atoms with Crippen LogP contribution in [0, 0.1) is 0 Å². The summed E-state index contributed by atoms with van der Waals surface area (Å²) >= 11 is 0. The van der Waals surface area contributed by atoms with Gasteiger partial charge in [-0.25, -0.2) is 13.6 Å². The van der Waals surface area contributed by atoms with Crippen molar-refractivity contribution in [3.05, 3.63) is 29.8 Å². The Morgan fingerprint density at radius 2 is 1.86 bits per heavy atom. The Labute approximate surface area is 83.7 Å². The molecule has 0 atom stereocenters. The number of primary sulfonamides is 1. The van der Waals surface area contributed by atoms with Crippen LogP contribution in [-0.4, -0.2) is 15.0 Å². The van der Waals surface area contributed by atoms with E-state index in [1.165, 1.54) is 0 Å². The van der Waals surface area contributed by atoms with Gasteiger partial charge in [-0.05, 0) is 24.6 Å². The fourth-order valence-corrected chi connectivity index (χ4v) is 1.74. The van der Waals surface area contributed by atoms with Gasteiger partial charge in [0.1, 0.15) is 5.75 Å². The number of nitrogens with two attached hydrogens (primary N) is 1. The SMILES string of the molecule is CCOc1ccc(CS(N)(=O)=O)cc1. The van der Waals surface area contributed by atoms with Gasteiger partial charge >= 0.3 is 0 Å². The Morgan fingerprint density at radius 3 is 2.29 bits per heavy atom. The fourth-order valence-electron chi connectivity index (χ4n) is 1.08. The summed E-state index contributed by atoms with van der Waals surface area (Å²) in [7, 11) is -3.44. The van der Waals surface area contributed by atoms with Crippen LogP contribution in [0.3, 0.4) is 0 Å². The third kappa shape index (κ3) is 3.76. The van der Waals surface area contributed by atoms with Crippen LogP contribution in [-0.2, 0) is 15.8 Å². The molecule has 0 aliphatic rings. The lowest BCUT2D eigenvalue weighted by Crippen LogP contribution is -2.14. The first-order chi connectivity index (χ1) is 6.51. The van der Waals surface area contributed by atoms with E-state index >= 15 is 0 Å². The second-order valence-electron chi connectivity index (χ2n) is 2.88. The van der Waals surface area contributed by atoms with E-state index in [9.17, 15) is 8.42 Å². The van der Waals surface area contributed by atoms with E-state index in [0.717, 1.165) is 5.75 Å². The third-order valence-electron chi connectivity index (χ3n) is 1.60. The molecule has 0 bridgehead atoms. The minimum Gasteiger partial charge on any atom is -0.494 e. The molecule has 0 aromatic heterocycles. The minimum atomic E-state index is -3.44.